The van der Waals surface area contributed by atoms with E-state index in [2.05, 4.69) is 4.72 Å². The van der Waals surface area contributed by atoms with Gasteiger partial charge in [-0.15, -0.1) is 0 Å². The summed E-state index contributed by atoms with van der Waals surface area (Å²) < 4.78 is 32.4. The molecule has 0 atom stereocenters. The lowest BCUT2D eigenvalue weighted by Gasteiger charge is -2.11. The number of rotatable bonds is 6. The van der Waals surface area contributed by atoms with Crippen LogP contribution in [0.5, 0.6) is 5.75 Å². The van der Waals surface area contributed by atoms with Gasteiger partial charge in [0.25, 0.3) is 15.9 Å². The first-order valence-electron chi connectivity index (χ1n) is 6.58. The summed E-state index contributed by atoms with van der Waals surface area (Å²) >= 11 is 5.77. The summed E-state index contributed by atoms with van der Waals surface area (Å²) in [5.74, 6) is -0.209. The van der Waals surface area contributed by atoms with Crippen LogP contribution in [0.15, 0.2) is 47.4 Å². The fourth-order valence-electron chi connectivity index (χ4n) is 1.83. The van der Waals surface area contributed by atoms with E-state index in [9.17, 15) is 13.2 Å². The molecule has 0 aliphatic carbocycles. The quantitative estimate of drug-likeness (QED) is 0.831. The highest BCUT2D eigenvalue weighted by atomic mass is 35.5. The van der Waals surface area contributed by atoms with E-state index in [1.807, 2.05) is 0 Å². The number of sulfonamides is 1. The maximum absolute atomic E-state index is 12.4. The summed E-state index contributed by atoms with van der Waals surface area (Å²) in [7, 11) is -3.74. The Labute approximate surface area is 139 Å². The van der Waals surface area contributed by atoms with Crippen LogP contribution in [0.3, 0.4) is 0 Å². The Morgan fingerprint density at radius 3 is 2.43 bits per heavy atom. The summed E-state index contributed by atoms with van der Waals surface area (Å²) in [6.07, 6.45) is 0. The van der Waals surface area contributed by atoms with Gasteiger partial charge in [0.1, 0.15) is 5.75 Å². The van der Waals surface area contributed by atoms with Crippen LogP contribution in [-0.4, -0.2) is 20.9 Å². The zero-order valence-corrected chi connectivity index (χ0v) is 13.8. The molecule has 2 rings (SSSR count). The minimum Gasteiger partial charge on any atom is -0.484 e. The van der Waals surface area contributed by atoms with E-state index in [4.69, 9.17) is 22.1 Å². The number of nitrogens with one attached hydrogen (secondary N) is 1. The number of carbonyl (C=O) groups is 1. The van der Waals surface area contributed by atoms with E-state index in [0.29, 0.717) is 22.0 Å². The standard InChI is InChI=1S/C15H15ClN2O4S/c1-10-8-13(6-7-14(10)22-9-15(17)19)23(20,21)18-12-4-2-11(16)3-5-12/h2-8,18H,9H2,1H3,(H2,17,19). The summed E-state index contributed by atoms with van der Waals surface area (Å²) in [5, 5.41) is 0.514. The molecule has 1 amide bonds. The van der Waals surface area contributed by atoms with Crippen molar-refractivity contribution in [2.24, 2.45) is 5.73 Å². The number of ether oxygens (including phenoxy) is 1. The highest BCUT2D eigenvalue weighted by Crippen LogP contribution is 2.24. The highest BCUT2D eigenvalue weighted by Gasteiger charge is 2.16. The molecule has 0 heterocycles. The van der Waals surface area contributed by atoms with Crippen molar-refractivity contribution in [3.8, 4) is 5.75 Å². The minimum absolute atomic E-state index is 0.0800. The van der Waals surface area contributed by atoms with E-state index in [1.54, 1.807) is 31.2 Å². The zero-order chi connectivity index (χ0) is 17.0. The molecule has 0 spiro atoms. The van der Waals surface area contributed by atoms with Gasteiger partial charge in [0, 0.05) is 10.7 Å². The molecule has 0 aliphatic rings. The van der Waals surface area contributed by atoms with Crippen LogP contribution < -0.4 is 15.2 Å². The molecule has 2 aromatic rings. The first-order valence-corrected chi connectivity index (χ1v) is 8.44. The smallest absolute Gasteiger partial charge is 0.261 e. The maximum atomic E-state index is 12.4. The van der Waals surface area contributed by atoms with Gasteiger partial charge in [0.2, 0.25) is 0 Å². The van der Waals surface area contributed by atoms with Crippen molar-refractivity contribution >= 4 is 33.2 Å². The molecule has 122 valence electrons. The van der Waals surface area contributed by atoms with Gasteiger partial charge in [-0.3, -0.25) is 9.52 Å². The number of hydrogen-bond acceptors (Lipinski definition) is 4. The average Bonchev–Trinajstić information content (AvgIpc) is 2.48. The molecule has 3 N–H and O–H groups in total. The molecule has 0 unspecified atom stereocenters. The van der Waals surface area contributed by atoms with Crippen molar-refractivity contribution in [3.63, 3.8) is 0 Å². The van der Waals surface area contributed by atoms with Gasteiger partial charge >= 0.3 is 0 Å². The predicted octanol–water partition coefficient (Wildman–Crippen LogP) is 2.31. The molecule has 0 saturated carbocycles. The Balaban J connectivity index is 2.21. The molecule has 6 nitrogen and oxygen atoms in total. The number of aryl methyl sites for hydroxylation is 1. The lowest BCUT2D eigenvalue weighted by molar-refractivity contribution is -0.119. The third-order valence-corrected chi connectivity index (χ3v) is 4.55. The highest BCUT2D eigenvalue weighted by molar-refractivity contribution is 7.92. The monoisotopic (exact) mass is 354 g/mol. The average molecular weight is 355 g/mol. The topological polar surface area (TPSA) is 98.5 Å². The number of amides is 1. The largest absolute Gasteiger partial charge is 0.484 e. The normalized spacial score (nSPS) is 11.0. The fourth-order valence-corrected chi connectivity index (χ4v) is 3.10. The van der Waals surface area contributed by atoms with Gasteiger partial charge in [0.05, 0.1) is 4.90 Å². The van der Waals surface area contributed by atoms with Crippen LogP contribution in [0.4, 0.5) is 5.69 Å². The van der Waals surface area contributed by atoms with Crippen molar-refractivity contribution < 1.29 is 17.9 Å². The van der Waals surface area contributed by atoms with E-state index in [0.717, 1.165) is 0 Å². The number of nitrogens with two attached hydrogens (primary N) is 1. The molecule has 0 fully saturated rings. The first kappa shape index (κ1) is 17.1. The third-order valence-electron chi connectivity index (χ3n) is 2.92. The Bertz CT molecular complexity index is 820. The predicted molar refractivity (Wildman–Crippen MR) is 88.1 cm³/mol. The zero-order valence-electron chi connectivity index (χ0n) is 12.2. The lowest BCUT2D eigenvalue weighted by Crippen LogP contribution is -2.20. The van der Waals surface area contributed by atoms with Crippen molar-refractivity contribution in [1.29, 1.82) is 0 Å². The van der Waals surface area contributed by atoms with E-state index < -0.39 is 15.9 Å². The van der Waals surface area contributed by atoms with Gasteiger partial charge in [-0.2, -0.15) is 0 Å². The van der Waals surface area contributed by atoms with Gasteiger partial charge in [-0.05, 0) is 55.0 Å². The first-order chi connectivity index (χ1) is 10.8. The van der Waals surface area contributed by atoms with Crippen LogP contribution >= 0.6 is 11.6 Å². The molecule has 0 aliphatic heterocycles. The second-order valence-corrected chi connectivity index (χ2v) is 6.91. The third kappa shape index (κ3) is 4.61. The van der Waals surface area contributed by atoms with Gasteiger partial charge in [-0.1, -0.05) is 11.6 Å². The number of hydrogen-bond donors (Lipinski definition) is 2. The lowest BCUT2D eigenvalue weighted by atomic mass is 10.2. The Morgan fingerprint density at radius 1 is 1.22 bits per heavy atom. The van der Waals surface area contributed by atoms with Gasteiger partial charge in [-0.25, -0.2) is 8.42 Å². The van der Waals surface area contributed by atoms with Crippen LogP contribution in [0.1, 0.15) is 5.56 Å². The molecular formula is C15H15ClN2O4S. The molecule has 8 heteroatoms. The Hall–Kier alpha value is -2.25. The number of carbonyl (C=O) groups excluding carboxylic acids is 1. The molecule has 0 radical (unpaired) electrons. The number of benzene rings is 2. The van der Waals surface area contributed by atoms with Gasteiger partial charge < -0.3 is 10.5 Å². The fraction of sp³-hybridized carbons (Fsp3) is 0.133. The van der Waals surface area contributed by atoms with Crippen molar-refractivity contribution in [1.82, 2.24) is 0 Å². The molecule has 0 saturated heterocycles. The summed E-state index contributed by atoms with van der Waals surface area (Å²) in [4.78, 5) is 10.8. The van der Waals surface area contributed by atoms with Crippen LogP contribution in [0.2, 0.25) is 5.02 Å². The number of primary amides is 1. The summed E-state index contributed by atoms with van der Waals surface area (Å²) in [6.45, 7) is 1.41. The minimum atomic E-state index is -3.74. The van der Waals surface area contributed by atoms with Crippen LogP contribution in [0, 0.1) is 6.92 Å². The maximum Gasteiger partial charge on any atom is 0.261 e. The Kier molecular flexibility index (Phi) is 5.12. The van der Waals surface area contributed by atoms with Crippen molar-refractivity contribution in [2.45, 2.75) is 11.8 Å². The van der Waals surface area contributed by atoms with Crippen LogP contribution in [0.25, 0.3) is 0 Å². The SMILES string of the molecule is Cc1cc(S(=O)(=O)Nc2ccc(Cl)cc2)ccc1OCC(N)=O. The van der Waals surface area contributed by atoms with Gasteiger partial charge in [0.15, 0.2) is 6.61 Å². The molecule has 0 aromatic heterocycles. The second kappa shape index (κ2) is 6.89. The summed E-state index contributed by atoms with van der Waals surface area (Å²) in [6, 6.07) is 10.6. The van der Waals surface area contributed by atoms with E-state index >= 15 is 0 Å². The Morgan fingerprint density at radius 2 is 1.87 bits per heavy atom. The van der Waals surface area contributed by atoms with Crippen LogP contribution in [-0.2, 0) is 14.8 Å². The number of anilines is 1. The molecule has 23 heavy (non-hydrogen) atoms. The molecule has 0 bridgehead atoms. The van der Waals surface area contributed by atoms with E-state index in [-0.39, 0.29) is 11.5 Å². The molecular weight excluding hydrogens is 340 g/mol. The summed E-state index contributed by atoms with van der Waals surface area (Å²) in [5.41, 5.74) is 5.98. The number of halogens is 1. The second-order valence-electron chi connectivity index (χ2n) is 4.79. The van der Waals surface area contributed by atoms with Crippen molar-refractivity contribution in [3.05, 3.63) is 53.1 Å². The molecule has 2 aromatic carbocycles. The van der Waals surface area contributed by atoms with E-state index in [1.165, 1.54) is 18.2 Å². The van der Waals surface area contributed by atoms with Crippen molar-refractivity contribution in [2.75, 3.05) is 11.3 Å².